The van der Waals surface area contributed by atoms with E-state index in [-0.39, 0.29) is 32.5 Å². The fraction of sp³-hybridized carbons (Fsp3) is 0.0435. The Kier molecular flexibility index (Phi) is 7.92. The van der Waals surface area contributed by atoms with E-state index in [9.17, 15) is 33.3 Å². The average molecular weight is 531 g/mol. The molecule has 186 valence electrons. The van der Waals surface area contributed by atoms with Crippen molar-refractivity contribution in [2.75, 3.05) is 10.0 Å². The van der Waals surface area contributed by atoms with Crippen LogP contribution in [0.5, 0.6) is 5.75 Å². The van der Waals surface area contributed by atoms with E-state index >= 15 is 0 Å². The quantitative estimate of drug-likeness (QED) is 0.153. The zero-order valence-corrected chi connectivity index (χ0v) is 20.1. The van der Waals surface area contributed by atoms with Crippen LogP contribution in [-0.2, 0) is 14.8 Å². The van der Waals surface area contributed by atoms with Gasteiger partial charge in [0.05, 0.1) is 26.9 Å². The topological polar surface area (TPSA) is 178 Å². The Morgan fingerprint density at radius 2 is 1.58 bits per heavy atom. The lowest BCUT2D eigenvalue weighted by molar-refractivity contribution is -0.113. The Balaban J connectivity index is 1.83. The monoisotopic (exact) mass is 530 g/mol. The zero-order valence-electron chi connectivity index (χ0n) is 18.5. The summed E-state index contributed by atoms with van der Waals surface area (Å²) in [6.07, 6.45) is 0. The number of rotatable bonds is 8. The number of aromatic carboxylic acids is 1. The van der Waals surface area contributed by atoms with E-state index in [1.807, 2.05) is 0 Å². The summed E-state index contributed by atoms with van der Waals surface area (Å²) in [5.41, 5.74) is -0.829. The number of aliphatic hydroxyl groups is 1. The Labute approximate surface area is 210 Å². The van der Waals surface area contributed by atoms with Crippen LogP contribution in [0.25, 0.3) is 0 Å². The maximum atomic E-state index is 12.7. The van der Waals surface area contributed by atoms with Gasteiger partial charge in [0.25, 0.3) is 15.9 Å². The molecule has 3 rings (SSSR count). The number of carboxylic acid groups (broad SMARTS) is 1. The lowest BCUT2D eigenvalue weighted by Gasteiger charge is -2.11. The van der Waals surface area contributed by atoms with Crippen LogP contribution in [0.15, 0.2) is 93.3 Å². The molecule has 0 saturated carbocycles. The normalized spacial score (nSPS) is 12.2. The van der Waals surface area contributed by atoms with Gasteiger partial charge < -0.3 is 20.6 Å². The zero-order chi connectivity index (χ0) is 26.5. The van der Waals surface area contributed by atoms with Crippen LogP contribution in [0.4, 0.5) is 17.1 Å². The molecule has 1 amide bonds. The van der Waals surface area contributed by atoms with Gasteiger partial charge in [0.2, 0.25) is 0 Å². The second-order valence-electron chi connectivity index (χ2n) is 7.17. The number of aliphatic hydroxyl groups excluding tert-OH is 1. The lowest BCUT2D eigenvalue weighted by Crippen LogP contribution is -2.15. The molecular weight excluding hydrogens is 512 g/mol. The summed E-state index contributed by atoms with van der Waals surface area (Å²) in [6, 6.07) is 14.9. The van der Waals surface area contributed by atoms with Crippen molar-refractivity contribution in [3.05, 3.63) is 88.8 Å². The molecule has 0 aliphatic rings. The average Bonchev–Trinajstić information content (AvgIpc) is 2.81. The molecule has 0 unspecified atom stereocenters. The third kappa shape index (κ3) is 6.17. The molecule has 0 radical (unpaired) electrons. The number of carbonyl (C=O) groups is 2. The molecule has 0 bridgehead atoms. The molecule has 0 fully saturated rings. The SMILES string of the molecule is C/C(O)=C(/N=Nc1ccc(S(=O)(=O)Nc2ccccc2C(=O)O)cc1O)C(=O)Nc1ccccc1Cl. The number of para-hydroxylation sites is 2. The summed E-state index contributed by atoms with van der Waals surface area (Å²) in [4.78, 5) is 23.5. The molecule has 0 aliphatic carbocycles. The second-order valence-corrected chi connectivity index (χ2v) is 9.26. The Bertz CT molecular complexity index is 1500. The number of benzene rings is 3. The fourth-order valence-electron chi connectivity index (χ4n) is 2.85. The van der Waals surface area contributed by atoms with E-state index in [4.69, 9.17) is 11.6 Å². The van der Waals surface area contributed by atoms with E-state index in [1.165, 1.54) is 37.3 Å². The minimum absolute atomic E-state index is 0.161. The van der Waals surface area contributed by atoms with E-state index in [2.05, 4.69) is 20.3 Å². The smallest absolute Gasteiger partial charge is 0.337 e. The number of sulfonamides is 1. The molecule has 36 heavy (non-hydrogen) atoms. The molecular formula is C23H19ClN4O7S. The van der Waals surface area contributed by atoms with Crippen LogP contribution in [0.2, 0.25) is 5.02 Å². The number of allylic oxidation sites excluding steroid dienone is 1. The summed E-state index contributed by atoms with van der Waals surface area (Å²) < 4.78 is 27.6. The van der Waals surface area contributed by atoms with Gasteiger partial charge in [-0.3, -0.25) is 9.52 Å². The number of phenolic OH excluding ortho intramolecular Hbond substituents is 1. The van der Waals surface area contributed by atoms with Crippen molar-refractivity contribution in [3.8, 4) is 5.75 Å². The van der Waals surface area contributed by atoms with E-state index in [1.54, 1.807) is 18.2 Å². The number of aromatic hydroxyl groups is 1. The van der Waals surface area contributed by atoms with Crippen molar-refractivity contribution in [3.63, 3.8) is 0 Å². The van der Waals surface area contributed by atoms with Crippen molar-refractivity contribution in [2.45, 2.75) is 11.8 Å². The second kappa shape index (κ2) is 10.9. The molecule has 0 aliphatic heterocycles. The fourth-order valence-corrected chi connectivity index (χ4v) is 4.13. The molecule has 13 heteroatoms. The van der Waals surface area contributed by atoms with Gasteiger partial charge in [-0.2, -0.15) is 0 Å². The van der Waals surface area contributed by atoms with E-state index in [0.29, 0.717) is 0 Å². The van der Waals surface area contributed by atoms with Gasteiger partial charge >= 0.3 is 5.97 Å². The van der Waals surface area contributed by atoms with Gasteiger partial charge in [-0.15, -0.1) is 10.2 Å². The number of carbonyl (C=O) groups excluding carboxylic acids is 1. The van der Waals surface area contributed by atoms with Gasteiger partial charge in [-0.05, 0) is 43.3 Å². The van der Waals surface area contributed by atoms with Crippen molar-refractivity contribution >= 4 is 50.6 Å². The highest BCUT2D eigenvalue weighted by atomic mass is 35.5. The highest BCUT2D eigenvalue weighted by molar-refractivity contribution is 7.92. The minimum Gasteiger partial charge on any atom is -0.510 e. The molecule has 0 spiro atoms. The van der Waals surface area contributed by atoms with Crippen LogP contribution >= 0.6 is 11.6 Å². The van der Waals surface area contributed by atoms with Crippen molar-refractivity contribution < 1.29 is 33.3 Å². The van der Waals surface area contributed by atoms with E-state index < -0.39 is 39.1 Å². The summed E-state index contributed by atoms with van der Waals surface area (Å²) in [5.74, 6) is -3.22. The number of nitrogens with zero attached hydrogens (tertiary/aromatic N) is 2. The summed E-state index contributed by atoms with van der Waals surface area (Å²) in [5, 5.41) is 39.5. The summed E-state index contributed by atoms with van der Waals surface area (Å²) in [7, 11) is -4.28. The first-order valence-corrected chi connectivity index (χ1v) is 11.9. The van der Waals surface area contributed by atoms with Crippen LogP contribution < -0.4 is 10.0 Å². The number of halogens is 1. The predicted octanol–water partition coefficient (Wildman–Crippen LogP) is 5.06. The lowest BCUT2D eigenvalue weighted by atomic mass is 10.2. The number of amides is 1. The summed E-state index contributed by atoms with van der Waals surface area (Å²) in [6.45, 7) is 1.21. The van der Waals surface area contributed by atoms with Gasteiger partial charge in [-0.25, -0.2) is 13.2 Å². The number of anilines is 2. The molecule has 11 nitrogen and oxygen atoms in total. The first-order chi connectivity index (χ1) is 17.0. The van der Waals surface area contributed by atoms with Gasteiger partial charge in [-0.1, -0.05) is 35.9 Å². The van der Waals surface area contributed by atoms with Gasteiger partial charge in [0.15, 0.2) is 5.70 Å². The number of carboxylic acids is 1. The van der Waals surface area contributed by atoms with Crippen molar-refractivity contribution in [1.29, 1.82) is 0 Å². The maximum absolute atomic E-state index is 12.7. The van der Waals surface area contributed by atoms with Crippen LogP contribution in [0.1, 0.15) is 17.3 Å². The Morgan fingerprint density at radius 3 is 2.19 bits per heavy atom. The highest BCUT2D eigenvalue weighted by Crippen LogP contribution is 2.31. The molecule has 0 aromatic heterocycles. The van der Waals surface area contributed by atoms with Gasteiger partial charge in [0, 0.05) is 6.07 Å². The minimum atomic E-state index is -4.28. The Hall–Kier alpha value is -4.42. The van der Waals surface area contributed by atoms with Crippen molar-refractivity contribution in [2.24, 2.45) is 10.2 Å². The molecule has 3 aromatic carbocycles. The summed E-state index contributed by atoms with van der Waals surface area (Å²) >= 11 is 6.01. The van der Waals surface area contributed by atoms with Crippen molar-refractivity contribution in [1.82, 2.24) is 0 Å². The standard InChI is InChI=1S/C23H19ClN4O7S/c1-13(29)21(22(31)25-18-9-5-3-7-16(18)24)27-26-19-11-10-14(12-20(19)30)36(34,35)28-17-8-4-2-6-15(17)23(32)33/h2-12,28-30H,1H3,(H,25,31)(H,32,33)/b21-13-,27-26?. The number of azo groups is 1. The molecule has 3 aromatic rings. The van der Waals surface area contributed by atoms with Gasteiger partial charge in [0.1, 0.15) is 17.2 Å². The largest absolute Gasteiger partial charge is 0.510 e. The molecule has 5 N–H and O–H groups in total. The van der Waals surface area contributed by atoms with Crippen LogP contribution in [-0.4, -0.2) is 35.6 Å². The maximum Gasteiger partial charge on any atom is 0.337 e. The first-order valence-electron chi connectivity index (χ1n) is 10.0. The molecule has 0 atom stereocenters. The number of nitrogens with one attached hydrogen (secondary N) is 2. The number of hydrogen-bond donors (Lipinski definition) is 5. The molecule has 0 heterocycles. The number of phenols is 1. The van der Waals surface area contributed by atoms with Crippen LogP contribution in [0, 0.1) is 0 Å². The highest BCUT2D eigenvalue weighted by Gasteiger charge is 2.20. The number of hydrogen-bond acceptors (Lipinski definition) is 8. The third-order valence-electron chi connectivity index (χ3n) is 4.60. The predicted molar refractivity (Wildman–Crippen MR) is 132 cm³/mol. The third-order valence-corrected chi connectivity index (χ3v) is 6.29. The Morgan fingerprint density at radius 1 is 0.944 bits per heavy atom. The van der Waals surface area contributed by atoms with E-state index in [0.717, 1.165) is 18.2 Å². The van der Waals surface area contributed by atoms with Crippen LogP contribution in [0.3, 0.4) is 0 Å². The first kappa shape index (κ1) is 26.2. The molecule has 0 saturated heterocycles.